The van der Waals surface area contributed by atoms with E-state index in [-0.39, 0.29) is 0 Å². The Hall–Kier alpha value is -0.0800. The third-order valence-electron chi connectivity index (χ3n) is 1.93. The van der Waals surface area contributed by atoms with Crippen LogP contribution in [0.2, 0.25) is 0 Å². The Kier molecular flexibility index (Phi) is 21.8. The van der Waals surface area contributed by atoms with Gasteiger partial charge in [-0.25, -0.2) is 0 Å². The molecule has 0 radical (unpaired) electrons. The monoisotopic (exact) mass is 203 g/mol. The predicted octanol–water partition coefficient (Wildman–Crippen LogP) is 2.96. The first-order valence-electron chi connectivity index (χ1n) is 6.14. The highest BCUT2D eigenvalue weighted by molar-refractivity contribution is 4.45. The number of unbranched alkanes of at least 4 members (excludes halogenated alkanes) is 3. The Balaban J connectivity index is 0. The average Bonchev–Trinajstić information content (AvgIpc) is 2.20. The van der Waals surface area contributed by atoms with Crippen LogP contribution in [0.25, 0.3) is 0 Å². The molecule has 0 aromatic heterocycles. The van der Waals surface area contributed by atoms with E-state index in [0.717, 1.165) is 12.8 Å². The lowest BCUT2D eigenvalue weighted by Gasteiger charge is -1.99. The number of aliphatic hydroxyl groups excluding tert-OH is 1. The third kappa shape index (κ3) is 22.7. The van der Waals surface area contributed by atoms with Gasteiger partial charge in [-0.2, -0.15) is 0 Å². The van der Waals surface area contributed by atoms with Gasteiger partial charge in [0.25, 0.3) is 0 Å². The third-order valence-corrected chi connectivity index (χ3v) is 1.93. The van der Waals surface area contributed by atoms with Gasteiger partial charge in [-0.1, -0.05) is 40.0 Å². The van der Waals surface area contributed by atoms with Crippen LogP contribution in [0, 0.1) is 0 Å². The van der Waals surface area contributed by atoms with Crippen LogP contribution in [0.3, 0.4) is 0 Å². The lowest BCUT2D eigenvalue weighted by atomic mass is 10.3. The molecule has 0 atom stereocenters. The molecule has 2 nitrogen and oxygen atoms in total. The summed E-state index contributed by atoms with van der Waals surface area (Å²) in [5.74, 6) is 0. The van der Waals surface area contributed by atoms with Crippen molar-refractivity contribution in [1.29, 1.82) is 0 Å². The zero-order valence-corrected chi connectivity index (χ0v) is 10.3. The van der Waals surface area contributed by atoms with E-state index in [1.54, 1.807) is 0 Å². The summed E-state index contributed by atoms with van der Waals surface area (Å²) in [6.07, 6.45) is 7.29. The molecule has 0 fully saturated rings. The van der Waals surface area contributed by atoms with Gasteiger partial charge >= 0.3 is 0 Å². The summed E-state index contributed by atoms with van der Waals surface area (Å²) in [4.78, 5) is 0. The maximum atomic E-state index is 8.07. The predicted molar refractivity (Wildman–Crippen MR) is 64.7 cm³/mol. The highest BCUT2D eigenvalue weighted by Crippen LogP contribution is 1.85. The van der Waals surface area contributed by atoms with Crippen LogP contribution in [-0.4, -0.2) is 24.8 Å². The smallest absolute Gasteiger partial charge is 0.0430 e. The van der Waals surface area contributed by atoms with E-state index in [0.29, 0.717) is 6.61 Å². The van der Waals surface area contributed by atoms with Gasteiger partial charge in [0, 0.05) is 6.61 Å². The molecule has 0 bridgehead atoms. The van der Waals surface area contributed by atoms with Gasteiger partial charge in [-0.15, -0.1) is 0 Å². The summed E-state index contributed by atoms with van der Waals surface area (Å²) in [5, 5.41) is 11.5. The molecule has 0 unspecified atom stereocenters. The Labute approximate surface area is 90.1 Å². The molecular formula is C12H29NO. The first-order valence-corrected chi connectivity index (χ1v) is 6.14. The quantitative estimate of drug-likeness (QED) is 0.594. The van der Waals surface area contributed by atoms with Gasteiger partial charge in [0.1, 0.15) is 0 Å². The molecule has 2 heteroatoms. The van der Waals surface area contributed by atoms with Crippen LogP contribution >= 0.6 is 0 Å². The minimum atomic E-state index is 0.344. The van der Waals surface area contributed by atoms with Crippen molar-refractivity contribution in [1.82, 2.24) is 5.32 Å². The van der Waals surface area contributed by atoms with Crippen molar-refractivity contribution in [3.05, 3.63) is 0 Å². The van der Waals surface area contributed by atoms with Gasteiger partial charge in [-0.3, -0.25) is 0 Å². The highest BCUT2D eigenvalue weighted by Gasteiger charge is 1.83. The van der Waals surface area contributed by atoms with Crippen molar-refractivity contribution in [3.63, 3.8) is 0 Å². The molecule has 0 spiro atoms. The van der Waals surface area contributed by atoms with E-state index in [4.69, 9.17) is 5.11 Å². The molecule has 0 aliphatic heterocycles. The minimum absolute atomic E-state index is 0.344. The molecule has 0 aromatic rings. The van der Waals surface area contributed by atoms with Crippen molar-refractivity contribution in [2.45, 2.75) is 59.3 Å². The number of nitrogens with one attached hydrogen (secondary N) is 1. The number of hydrogen-bond acceptors (Lipinski definition) is 2. The first kappa shape index (κ1) is 16.4. The van der Waals surface area contributed by atoms with Gasteiger partial charge in [0.05, 0.1) is 0 Å². The van der Waals surface area contributed by atoms with Crippen LogP contribution in [0.1, 0.15) is 59.3 Å². The Morgan fingerprint density at radius 3 is 1.43 bits per heavy atom. The van der Waals surface area contributed by atoms with E-state index in [1.807, 2.05) is 0 Å². The average molecular weight is 203 g/mol. The Morgan fingerprint density at radius 1 is 0.786 bits per heavy atom. The molecule has 0 aliphatic rings. The molecule has 0 aliphatic carbocycles. The number of rotatable bonds is 8. The molecule has 2 N–H and O–H groups in total. The van der Waals surface area contributed by atoms with Crippen LogP contribution in [0.15, 0.2) is 0 Å². The Morgan fingerprint density at radius 2 is 1.21 bits per heavy atom. The molecule has 0 heterocycles. The fourth-order valence-electron chi connectivity index (χ4n) is 0.887. The van der Waals surface area contributed by atoms with Crippen LogP contribution in [-0.2, 0) is 0 Å². The molecule has 88 valence electrons. The zero-order valence-electron chi connectivity index (χ0n) is 10.3. The minimum Gasteiger partial charge on any atom is -0.396 e. The normalized spacial score (nSPS) is 9.43. The summed E-state index contributed by atoms with van der Waals surface area (Å²) < 4.78 is 0. The van der Waals surface area contributed by atoms with E-state index in [2.05, 4.69) is 26.1 Å². The van der Waals surface area contributed by atoms with Crippen molar-refractivity contribution in [3.8, 4) is 0 Å². The second-order valence-electron chi connectivity index (χ2n) is 3.53. The van der Waals surface area contributed by atoms with Crippen molar-refractivity contribution in [2.24, 2.45) is 0 Å². The standard InChI is InChI=1S/C8H19N.C4H10O/c1-3-5-7-9-8-6-4-2;1-2-3-4-5/h9H,3-8H2,1-2H3;5H,2-4H2,1H3. The van der Waals surface area contributed by atoms with Crippen LogP contribution in [0.4, 0.5) is 0 Å². The maximum Gasteiger partial charge on any atom is 0.0430 e. The van der Waals surface area contributed by atoms with Crippen LogP contribution < -0.4 is 5.32 Å². The topological polar surface area (TPSA) is 32.3 Å². The van der Waals surface area contributed by atoms with Gasteiger partial charge < -0.3 is 10.4 Å². The Bertz CT molecular complexity index is 68.7. The second-order valence-corrected chi connectivity index (χ2v) is 3.53. The summed E-state index contributed by atoms with van der Waals surface area (Å²) >= 11 is 0. The van der Waals surface area contributed by atoms with Crippen LogP contribution in [0.5, 0.6) is 0 Å². The zero-order chi connectivity index (χ0) is 11.1. The van der Waals surface area contributed by atoms with E-state index in [9.17, 15) is 0 Å². The highest BCUT2D eigenvalue weighted by atomic mass is 16.2. The number of aliphatic hydroxyl groups is 1. The fraction of sp³-hybridized carbons (Fsp3) is 1.00. The number of hydrogen-bond donors (Lipinski definition) is 2. The van der Waals surface area contributed by atoms with E-state index >= 15 is 0 Å². The summed E-state index contributed by atoms with van der Waals surface area (Å²) in [6.45, 7) is 9.25. The maximum absolute atomic E-state index is 8.07. The molecule has 0 saturated heterocycles. The lowest BCUT2D eigenvalue weighted by molar-refractivity contribution is 0.287. The first-order chi connectivity index (χ1) is 6.83. The van der Waals surface area contributed by atoms with Crippen molar-refractivity contribution in [2.75, 3.05) is 19.7 Å². The molecule has 0 amide bonds. The molecule has 0 rings (SSSR count). The summed E-state index contributed by atoms with van der Waals surface area (Å²) in [6, 6.07) is 0. The van der Waals surface area contributed by atoms with Crippen molar-refractivity contribution >= 4 is 0 Å². The molecule has 14 heavy (non-hydrogen) atoms. The molecule has 0 saturated carbocycles. The molecule has 0 aromatic carbocycles. The van der Waals surface area contributed by atoms with Gasteiger partial charge in [0.15, 0.2) is 0 Å². The fourth-order valence-corrected chi connectivity index (χ4v) is 0.887. The summed E-state index contributed by atoms with van der Waals surface area (Å²) in [5.41, 5.74) is 0. The van der Waals surface area contributed by atoms with Gasteiger partial charge in [-0.05, 0) is 32.4 Å². The molecular weight excluding hydrogens is 174 g/mol. The van der Waals surface area contributed by atoms with Crippen molar-refractivity contribution < 1.29 is 5.11 Å². The second kappa shape index (κ2) is 18.7. The lowest BCUT2D eigenvalue weighted by Crippen LogP contribution is -2.15. The SMILES string of the molecule is CCCCNCCCC.CCCCO. The van der Waals surface area contributed by atoms with Gasteiger partial charge in [0.2, 0.25) is 0 Å². The van der Waals surface area contributed by atoms with E-state index in [1.165, 1.54) is 38.8 Å². The largest absolute Gasteiger partial charge is 0.396 e. The van der Waals surface area contributed by atoms with E-state index < -0.39 is 0 Å². The summed E-state index contributed by atoms with van der Waals surface area (Å²) in [7, 11) is 0.